The zero-order chi connectivity index (χ0) is 21.8. The number of aromatic nitrogens is 2. The molecule has 0 bridgehead atoms. The maximum Gasteiger partial charge on any atom is 0.286 e. The average molecular weight is 441 g/mol. The van der Waals surface area contributed by atoms with Gasteiger partial charge in [0.2, 0.25) is 5.01 Å². The third-order valence-corrected chi connectivity index (χ3v) is 5.98. The first-order valence-electron chi connectivity index (χ1n) is 10.00. The average Bonchev–Trinajstić information content (AvgIpc) is 3.45. The van der Waals surface area contributed by atoms with Crippen LogP contribution >= 0.6 is 11.3 Å². The zero-order valence-electron chi connectivity index (χ0n) is 16.9. The summed E-state index contributed by atoms with van der Waals surface area (Å²) < 4.78 is 18.7. The van der Waals surface area contributed by atoms with Gasteiger partial charge in [-0.25, -0.2) is 4.39 Å². The smallest absolute Gasteiger partial charge is 0.286 e. The Morgan fingerprint density at radius 1 is 1.19 bits per heavy atom. The molecule has 4 rings (SSSR count). The van der Waals surface area contributed by atoms with Crippen LogP contribution in [0.2, 0.25) is 0 Å². The number of benzene rings is 2. The zero-order valence-corrected chi connectivity index (χ0v) is 17.7. The van der Waals surface area contributed by atoms with Gasteiger partial charge in [0, 0.05) is 12.2 Å². The fourth-order valence-corrected chi connectivity index (χ4v) is 4.41. The fraction of sp³-hybridized carbons (Fsp3) is 0.273. The molecule has 9 heteroatoms. The molecule has 1 fully saturated rings. The van der Waals surface area contributed by atoms with E-state index in [0.29, 0.717) is 35.2 Å². The summed E-state index contributed by atoms with van der Waals surface area (Å²) in [6.45, 7) is 2.94. The molecule has 1 aliphatic heterocycles. The van der Waals surface area contributed by atoms with Gasteiger partial charge < -0.3 is 15.0 Å². The first-order valence-corrected chi connectivity index (χ1v) is 10.8. The number of hydrogen-bond donors (Lipinski definition) is 1. The van der Waals surface area contributed by atoms with E-state index in [0.717, 1.165) is 24.2 Å². The second-order valence-corrected chi connectivity index (χ2v) is 8.00. The van der Waals surface area contributed by atoms with Crippen LogP contribution in [0.15, 0.2) is 48.5 Å². The normalized spacial score (nSPS) is 15.7. The number of amides is 2. The molecule has 1 N–H and O–H groups in total. The van der Waals surface area contributed by atoms with Gasteiger partial charge in [0.05, 0.1) is 18.2 Å². The summed E-state index contributed by atoms with van der Waals surface area (Å²) in [6, 6.07) is 12.4. The summed E-state index contributed by atoms with van der Waals surface area (Å²) in [5, 5.41) is 11.7. The number of anilines is 1. The quantitative estimate of drug-likeness (QED) is 0.618. The number of nitrogens with zero attached hydrogens (tertiary/aromatic N) is 3. The number of rotatable bonds is 6. The second-order valence-electron chi connectivity index (χ2n) is 6.99. The topological polar surface area (TPSA) is 84.4 Å². The van der Waals surface area contributed by atoms with Crippen molar-refractivity contribution in [3.8, 4) is 5.75 Å². The lowest BCUT2D eigenvalue weighted by Gasteiger charge is -2.23. The van der Waals surface area contributed by atoms with E-state index >= 15 is 0 Å². The molecule has 0 unspecified atom stereocenters. The SMILES string of the molecule is CCOc1ccccc1C(=O)N1CCC[C@H]1c1nnc(C(=O)Nc2ccc(F)cc2)s1. The first kappa shape index (κ1) is 20.9. The van der Waals surface area contributed by atoms with Crippen LogP contribution in [0.25, 0.3) is 0 Å². The molecule has 0 aliphatic carbocycles. The predicted molar refractivity (Wildman–Crippen MR) is 115 cm³/mol. The van der Waals surface area contributed by atoms with Crippen LogP contribution in [0.4, 0.5) is 10.1 Å². The van der Waals surface area contributed by atoms with E-state index in [9.17, 15) is 14.0 Å². The van der Waals surface area contributed by atoms with E-state index in [1.165, 1.54) is 24.3 Å². The van der Waals surface area contributed by atoms with Crippen molar-refractivity contribution < 1.29 is 18.7 Å². The Morgan fingerprint density at radius 3 is 2.74 bits per heavy atom. The van der Waals surface area contributed by atoms with Gasteiger partial charge in [-0.1, -0.05) is 23.5 Å². The van der Waals surface area contributed by atoms with E-state index in [4.69, 9.17) is 4.74 Å². The van der Waals surface area contributed by atoms with Crippen LogP contribution in [0, 0.1) is 5.82 Å². The number of likely N-dealkylation sites (tertiary alicyclic amines) is 1. The third kappa shape index (κ3) is 4.56. The van der Waals surface area contributed by atoms with Crippen molar-refractivity contribution in [3.63, 3.8) is 0 Å². The summed E-state index contributed by atoms with van der Waals surface area (Å²) in [6.07, 6.45) is 1.58. The van der Waals surface area contributed by atoms with Gasteiger partial charge in [-0.15, -0.1) is 10.2 Å². The lowest BCUT2D eigenvalue weighted by atomic mass is 10.1. The Labute approximate surface area is 182 Å². The fourth-order valence-electron chi connectivity index (χ4n) is 3.52. The third-order valence-electron chi connectivity index (χ3n) is 4.95. The summed E-state index contributed by atoms with van der Waals surface area (Å²) in [4.78, 5) is 27.5. The standard InChI is InChI=1S/C22H21FN4O3S/c1-2-30-18-8-4-3-6-16(18)22(29)27-13-5-7-17(27)20-25-26-21(31-20)19(28)24-15-11-9-14(23)10-12-15/h3-4,6,8-12,17H,2,5,7,13H2,1H3,(H,24,28)/t17-/m0/s1. The molecule has 1 aromatic heterocycles. The highest BCUT2D eigenvalue weighted by atomic mass is 32.1. The predicted octanol–water partition coefficient (Wildman–Crippen LogP) is 4.31. The van der Waals surface area contributed by atoms with Crippen molar-refractivity contribution in [1.82, 2.24) is 15.1 Å². The van der Waals surface area contributed by atoms with Crippen molar-refractivity contribution >= 4 is 28.8 Å². The molecule has 160 valence electrons. The molecule has 2 heterocycles. The summed E-state index contributed by atoms with van der Waals surface area (Å²) >= 11 is 1.16. The highest BCUT2D eigenvalue weighted by molar-refractivity contribution is 7.13. The van der Waals surface area contributed by atoms with Crippen LogP contribution in [-0.2, 0) is 0 Å². The van der Waals surface area contributed by atoms with Crippen molar-refractivity contribution in [2.24, 2.45) is 0 Å². The van der Waals surface area contributed by atoms with Gasteiger partial charge >= 0.3 is 0 Å². The molecule has 0 saturated carbocycles. The molecule has 1 aliphatic rings. The minimum atomic E-state index is -0.423. The number of halogens is 1. The van der Waals surface area contributed by atoms with Crippen LogP contribution in [-0.4, -0.2) is 40.1 Å². The maximum atomic E-state index is 13.2. The molecule has 3 aromatic rings. The van der Waals surface area contributed by atoms with Crippen molar-refractivity contribution in [3.05, 3.63) is 69.9 Å². The highest BCUT2D eigenvalue weighted by Gasteiger charge is 2.34. The Morgan fingerprint density at radius 2 is 1.97 bits per heavy atom. The van der Waals surface area contributed by atoms with Gasteiger partial charge in [-0.3, -0.25) is 9.59 Å². The molecular formula is C22H21FN4O3S. The molecule has 0 spiro atoms. The summed E-state index contributed by atoms with van der Waals surface area (Å²) in [7, 11) is 0. The van der Waals surface area contributed by atoms with Crippen LogP contribution in [0.5, 0.6) is 5.75 Å². The second kappa shape index (κ2) is 9.22. The number of ether oxygens (including phenoxy) is 1. The molecule has 0 radical (unpaired) electrons. The monoisotopic (exact) mass is 440 g/mol. The van der Waals surface area contributed by atoms with Gasteiger partial charge in [0.15, 0.2) is 0 Å². The first-order chi connectivity index (χ1) is 15.1. The maximum absolute atomic E-state index is 13.2. The number of hydrogen-bond acceptors (Lipinski definition) is 6. The minimum Gasteiger partial charge on any atom is -0.493 e. The molecule has 1 atom stereocenters. The van der Waals surface area contributed by atoms with Gasteiger partial charge in [-0.05, 0) is 56.2 Å². The number of carbonyl (C=O) groups excluding carboxylic acids is 2. The highest BCUT2D eigenvalue weighted by Crippen LogP contribution is 2.36. The van der Waals surface area contributed by atoms with Gasteiger partial charge in [0.25, 0.3) is 11.8 Å². The molecule has 1 saturated heterocycles. The Bertz CT molecular complexity index is 1090. The Kier molecular flexibility index (Phi) is 6.22. The van der Waals surface area contributed by atoms with Crippen LogP contribution < -0.4 is 10.1 Å². The Balaban J connectivity index is 1.51. The summed E-state index contributed by atoms with van der Waals surface area (Å²) in [5.74, 6) is -0.377. The van der Waals surface area contributed by atoms with E-state index in [2.05, 4.69) is 15.5 Å². The van der Waals surface area contributed by atoms with Crippen LogP contribution in [0.3, 0.4) is 0 Å². The number of nitrogens with one attached hydrogen (secondary N) is 1. The van der Waals surface area contributed by atoms with Gasteiger partial charge in [0.1, 0.15) is 16.6 Å². The largest absolute Gasteiger partial charge is 0.493 e. The summed E-state index contributed by atoms with van der Waals surface area (Å²) in [5.41, 5.74) is 0.975. The minimum absolute atomic E-state index is 0.126. The van der Waals surface area contributed by atoms with Crippen molar-refractivity contribution in [1.29, 1.82) is 0 Å². The van der Waals surface area contributed by atoms with E-state index in [-0.39, 0.29) is 22.8 Å². The van der Waals surface area contributed by atoms with E-state index < -0.39 is 5.91 Å². The van der Waals surface area contributed by atoms with Crippen molar-refractivity contribution in [2.75, 3.05) is 18.5 Å². The lowest BCUT2D eigenvalue weighted by molar-refractivity contribution is 0.0730. The van der Waals surface area contributed by atoms with Crippen LogP contribution in [0.1, 0.15) is 51.0 Å². The van der Waals surface area contributed by atoms with E-state index in [1.807, 2.05) is 19.1 Å². The Hall–Kier alpha value is -3.33. The number of carbonyl (C=O) groups is 2. The lowest BCUT2D eigenvalue weighted by Crippen LogP contribution is -2.30. The van der Waals surface area contributed by atoms with Crippen molar-refractivity contribution in [2.45, 2.75) is 25.8 Å². The number of para-hydroxylation sites is 1. The molecular weight excluding hydrogens is 419 g/mol. The molecule has 7 nitrogen and oxygen atoms in total. The molecule has 2 amide bonds. The van der Waals surface area contributed by atoms with E-state index in [1.54, 1.807) is 17.0 Å². The molecule has 31 heavy (non-hydrogen) atoms. The van der Waals surface area contributed by atoms with Gasteiger partial charge in [-0.2, -0.15) is 0 Å². The molecule has 2 aromatic carbocycles.